The third-order valence-electron chi connectivity index (χ3n) is 5.78. The molecule has 1 aliphatic rings. The zero-order valence-corrected chi connectivity index (χ0v) is 20.6. The highest BCUT2D eigenvalue weighted by molar-refractivity contribution is 7.89. The molecule has 0 unspecified atom stereocenters. The average molecular weight is 522 g/mol. The molecule has 0 amide bonds. The van der Waals surface area contributed by atoms with E-state index in [9.17, 15) is 18.3 Å². The van der Waals surface area contributed by atoms with E-state index in [-0.39, 0.29) is 29.7 Å². The van der Waals surface area contributed by atoms with Crippen LogP contribution >= 0.6 is 0 Å². The molecule has 10 nitrogen and oxygen atoms in total. The highest BCUT2D eigenvalue weighted by Crippen LogP contribution is 2.33. The summed E-state index contributed by atoms with van der Waals surface area (Å²) in [5, 5.41) is 15.7. The lowest BCUT2D eigenvalue weighted by atomic mass is 10.1. The van der Waals surface area contributed by atoms with Crippen molar-refractivity contribution in [2.75, 3.05) is 13.4 Å². The monoisotopic (exact) mass is 521 g/mol. The van der Waals surface area contributed by atoms with Crippen molar-refractivity contribution in [3.8, 4) is 23.1 Å². The number of rotatable bonds is 8. The van der Waals surface area contributed by atoms with Crippen LogP contribution in [0.25, 0.3) is 10.8 Å². The van der Waals surface area contributed by atoms with Crippen LogP contribution in [0.4, 0.5) is 0 Å². The molecular formula is C26H23N3O7S. The summed E-state index contributed by atoms with van der Waals surface area (Å²) in [7, 11) is -3.98. The maximum atomic E-state index is 13.2. The lowest BCUT2D eigenvalue weighted by Crippen LogP contribution is -2.23. The summed E-state index contributed by atoms with van der Waals surface area (Å²) in [4.78, 5) is 15.4. The molecule has 0 atom stereocenters. The van der Waals surface area contributed by atoms with Crippen molar-refractivity contribution >= 4 is 27.0 Å². The summed E-state index contributed by atoms with van der Waals surface area (Å²) in [5.41, 5.74) is 0.485. The Bertz CT molecular complexity index is 1660. The lowest BCUT2D eigenvalue weighted by Gasteiger charge is -2.14. The molecule has 0 saturated heterocycles. The second-order valence-electron chi connectivity index (χ2n) is 8.12. The second kappa shape index (κ2) is 9.86. The first-order valence-corrected chi connectivity index (χ1v) is 12.9. The second-order valence-corrected chi connectivity index (χ2v) is 9.78. The zero-order chi connectivity index (χ0) is 26.0. The largest absolute Gasteiger partial charge is 0.494 e. The Labute approximate surface area is 212 Å². The van der Waals surface area contributed by atoms with Gasteiger partial charge in [-0.1, -0.05) is 24.3 Å². The summed E-state index contributed by atoms with van der Waals surface area (Å²) in [6.45, 7) is 2.46. The van der Waals surface area contributed by atoms with Gasteiger partial charge in [0.2, 0.25) is 12.7 Å². The van der Waals surface area contributed by atoms with E-state index >= 15 is 0 Å². The molecular weight excluding hydrogens is 498 g/mol. The molecule has 2 heterocycles. The average Bonchev–Trinajstić information content (AvgIpc) is 3.37. The standard InChI is InChI=1S/C26H23N3O7S/c1-2-34-18-8-10-19(11-9-18)37(32,33)28-27-14-22-20-5-3-4-6-21(20)25(30)29(26(22)31)15-17-7-12-23-24(13-17)36-16-35-23/h3-14,28,31H,2,15-16H2,1H3/b27-14+. The van der Waals surface area contributed by atoms with Gasteiger partial charge >= 0.3 is 0 Å². The Morgan fingerprint density at radius 2 is 1.78 bits per heavy atom. The topological polar surface area (TPSA) is 128 Å². The van der Waals surface area contributed by atoms with Crippen LogP contribution in [0.2, 0.25) is 0 Å². The van der Waals surface area contributed by atoms with Gasteiger partial charge in [-0.2, -0.15) is 13.5 Å². The molecule has 1 aromatic heterocycles. The number of aromatic nitrogens is 1. The van der Waals surface area contributed by atoms with Gasteiger partial charge < -0.3 is 19.3 Å². The number of hydrazone groups is 1. The summed E-state index contributed by atoms with van der Waals surface area (Å²) < 4.78 is 42.6. The summed E-state index contributed by atoms with van der Waals surface area (Å²) in [6.07, 6.45) is 1.18. The molecule has 0 fully saturated rings. The SMILES string of the molecule is CCOc1ccc(S(=O)(=O)N/N=C/c2c(O)n(Cc3ccc4c(c3)OCO4)c(=O)c3ccccc23)cc1. The van der Waals surface area contributed by atoms with Crippen LogP contribution in [0.5, 0.6) is 23.1 Å². The number of ether oxygens (including phenoxy) is 3. The molecule has 2 N–H and O–H groups in total. The van der Waals surface area contributed by atoms with Gasteiger partial charge in [0, 0.05) is 10.8 Å². The summed E-state index contributed by atoms with van der Waals surface area (Å²) in [6, 6.07) is 17.9. The fraction of sp³-hybridized carbons (Fsp3) is 0.154. The number of nitrogens with zero attached hydrogens (tertiary/aromatic N) is 2. The number of benzene rings is 3. The Kier molecular flexibility index (Phi) is 6.45. The van der Waals surface area contributed by atoms with E-state index in [0.717, 1.165) is 0 Å². The smallest absolute Gasteiger partial charge is 0.276 e. The number of sulfonamides is 1. The van der Waals surface area contributed by atoms with Crippen molar-refractivity contribution in [1.82, 2.24) is 9.40 Å². The molecule has 0 spiro atoms. The third kappa shape index (κ3) is 4.81. The number of nitrogens with one attached hydrogen (secondary N) is 1. The molecule has 0 bridgehead atoms. The highest BCUT2D eigenvalue weighted by atomic mass is 32.2. The van der Waals surface area contributed by atoms with E-state index in [4.69, 9.17) is 14.2 Å². The lowest BCUT2D eigenvalue weighted by molar-refractivity contribution is 0.174. The van der Waals surface area contributed by atoms with Gasteiger partial charge in [0.25, 0.3) is 15.6 Å². The van der Waals surface area contributed by atoms with E-state index in [1.165, 1.54) is 22.9 Å². The first kappa shape index (κ1) is 24.2. The maximum Gasteiger partial charge on any atom is 0.276 e. The number of pyridine rings is 1. The van der Waals surface area contributed by atoms with Crippen LogP contribution in [0.3, 0.4) is 0 Å². The van der Waals surface area contributed by atoms with Crippen LogP contribution in [-0.2, 0) is 16.6 Å². The van der Waals surface area contributed by atoms with E-state index in [2.05, 4.69) is 9.93 Å². The van der Waals surface area contributed by atoms with E-state index in [1.807, 2.05) is 6.92 Å². The Morgan fingerprint density at radius 3 is 2.54 bits per heavy atom. The minimum Gasteiger partial charge on any atom is -0.494 e. The Hall–Kier alpha value is -4.51. The highest BCUT2D eigenvalue weighted by Gasteiger charge is 2.18. The number of hydrogen-bond acceptors (Lipinski definition) is 8. The van der Waals surface area contributed by atoms with Crippen molar-refractivity contribution < 1.29 is 27.7 Å². The predicted molar refractivity (Wildman–Crippen MR) is 137 cm³/mol. The third-order valence-corrected chi connectivity index (χ3v) is 7.02. The van der Waals surface area contributed by atoms with Crippen molar-refractivity contribution in [3.63, 3.8) is 0 Å². The fourth-order valence-electron chi connectivity index (χ4n) is 4.00. The first-order chi connectivity index (χ1) is 17.9. The van der Waals surface area contributed by atoms with E-state index in [0.29, 0.717) is 40.2 Å². The van der Waals surface area contributed by atoms with Crippen molar-refractivity contribution in [3.05, 3.63) is 88.2 Å². The van der Waals surface area contributed by atoms with Crippen LogP contribution < -0.4 is 24.6 Å². The minimum atomic E-state index is -3.98. The maximum absolute atomic E-state index is 13.2. The van der Waals surface area contributed by atoms with Crippen LogP contribution in [0.15, 0.2) is 81.5 Å². The van der Waals surface area contributed by atoms with Gasteiger partial charge in [-0.15, -0.1) is 0 Å². The zero-order valence-electron chi connectivity index (χ0n) is 19.7. The summed E-state index contributed by atoms with van der Waals surface area (Å²) in [5.74, 6) is 1.35. The van der Waals surface area contributed by atoms with E-state index < -0.39 is 15.6 Å². The normalized spacial score (nSPS) is 12.8. The molecule has 0 saturated carbocycles. The predicted octanol–water partition coefficient (Wildman–Crippen LogP) is 3.20. The molecule has 11 heteroatoms. The Morgan fingerprint density at radius 1 is 1.05 bits per heavy atom. The van der Waals surface area contributed by atoms with Gasteiger partial charge in [0.05, 0.1) is 29.8 Å². The van der Waals surface area contributed by atoms with Gasteiger partial charge in [-0.25, -0.2) is 4.83 Å². The van der Waals surface area contributed by atoms with Crippen molar-refractivity contribution in [2.45, 2.75) is 18.4 Å². The Balaban J connectivity index is 1.48. The van der Waals surface area contributed by atoms with Gasteiger partial charge in [-0.05, 0) is 55.0 Å². The molecule has 0 aliphatic carbocycles. The molecule has 3 aromatic carbocycles. The van der Waals surface area contributed by atoms with Crippen LogP contribution in [-0.4, -0.2) is 37.7 Å². The van der Waals surface area contributed by atoms with Crippen molar-refractivity contribution in [1.29, 1.82) is 0 Å². The van der Waals surface area contributed by atoms with Crippen molar-refractivity contribution in [2.24, 2.45) is 5.10 Å². The molecule has 5 rings (SSSR count). The molecule has 37 heavy (non-hydrogen) atoms. The minimum absolute atomic E-state index is 0.00467. The fourth-order valence-corrected chi connectivity index (χ4v) is 4.79. The molecule has 0 radical (unpaired) electrons. The molecule has 190 valence electrons. The molecule has 4 aromatic rings. The first-order valence-electron chi connectivity index (χ1n) is 11.4. The quantitative estimate of drug-likeness (QED) is 0.269. The van der Waals surface area contributed by atoms with Gasteiger partial charge in [-0.3, -0.25) is 9.36 Å². The number of hydrogen-bond donors (Lipinski definition) is 2. The van der Waals surface area contributed by atoms with Crippen LogP contribution in [0, 0.1) is 0 Å². The van der Waals surface area contributed by atoms with Gasteiger partial charge in [0.15, 0.2) is 11.5 Å². The van der Waals surface area contributed by atoms with Crippen LogP contribution in [0.1, 0.15) is 18.1 Å². The van der Waals surface area contributed by atoms with Gasteiger partial charge in [0.1, 0.15) is 5.75 Å². The summed E-state index contributed by atoms with van der Waals surface area (Å²) >= 11 is 0. The van der Waals surface area contributed by atoms with E-state index in [1.54, 1.807) is 54.6 Å². The molecule has 1 aliphatic heterocycles. The number of aromatic hydroxyl groups is 1. The number of fused-ring (bicyclic) bond motifs is 2.